The van der Waals surface area contributed by atoms with E-state index < -0.39 is 0 Å². The normalized spacial score (nSPS) is 13.6. The predicted octanol–water partition coefficient (Wildman–Crippen LogP) is 5.27. The van der Waals surface area contributed by atoms with Gasteiger partial charge in [-0.05, 0) is 50.1 Å². The van der Waals surface area contributed by atoms with E-state index in [4.69, 9.17) is 9.72 Å². The van der Waals surface area contributed by atoms with E-state index >= 15 is 0 Å². The van der Waals surface area contributed by atoms with Gasteiger partial charge in [0.1, 0.15) is 23.2 Å². The number of pyridine rings is 1. The second-order valence-corrected chi connectivity index (χ2v) is 9.56. The van der Waals surface area contributed by atoms with Gasteiger partial charge in [-0.2, -0.15) is 0 Å². The number of amides is 1. The highest BCUT2D eigenvalue weighted by Crippen LogP contribution is 2.28. The fraction of sp³-hybridized carbons (Fsp3) is 0.300. The van der Waals surface area contributed by atoms with Crippen molar-refractivity contribution in [2.75, 3.05) is 38.2 Å². The van der Waals surface area contributed by atoms with Gasteiger partial charge >= 0.3 is 0 Å². The standard InChI is InChI=1S/C30H32FN5O2/c1-21-6-8-22(9-7-21)29-26(33-30(34-29)23-10-12-24(31)13-11-23)4-3-5-28(37)36-18-16-35(17-19-36)27-20-25(38-2)14-15-32-27/h6-15,20H,3-5,16-19H2,1-2H3,(H,33,34). The summed E-state index contributed by atoms with van der Waals surface area (Å²) >= 11 is 0. The SMILES string of the molecule is COc1ccnc(N2CCN(C(=O)CCCc3[nH]c(-c4ccc(F)cc4)nc3-c3ccc(C)cc3)CC2)c1. The average molecular weight is 514 g/mol. The summed E-state index contributed by atoms with van der Waals surface area (Å²) in [5.74, 6) is 2.23. The molecule has 2 aromatic heterocycles. The van der Waals surface area contributed by atoms with Crippen LogP contribution in [0.5, 0.6) is 5.75 Å². The minimum atomic E-state index is -0.279. The molecule has 3 heterocycles. The molecule has 0 unspecified atom stereocenters. The van der Waals surface area contributed by atoms with Gasteiger partial charge in [-0.15, -0.1) is 0 Å². The van der Waals surface area contributed by atoms with E-state index in [0.717, 1.165) is 47.2 Å². The molecule has 7 nitrogen and oxygen atoms in total. The number of rotatable bonds is 8. The Morgan fingerprint density at radius 1 is 1.00 bits per heavy atom. The van der Waals surface area contributed by atoms with Crippen molar-refractivity contribution in [1.82, 2.24) is 19.9 Å². The highest BCUT2D eigenvalue weighted by Gasteiger charge is 2.22. The van der Waals surface area contributed by atoms with Crippen LogP contribution >= 0.6 is 0 Å². The van der Waals surface area contributed by atoms with Crippen molar-refractivity contribution in [3.05, 3.63) is 83.9 Å². The molecule has 1 aliphatic heterocycles. The predicted molar refractivity (Wildman–Crippen MR) is 147 cm³/mol. The fourth-order valence-electron chi connectivity index (χ4n) is 4.74. The quantitative estimate of drug-likeness (QED) is 0.348. The first-order valence-corrected chi connectivity index (χ1v) is 12.9. The molecule has 1 N–H and O–H groups in total. The average Bonchev–Trinajstić information content (AvgIpc) is 3.38. The number of carbonyl (C=O) groups is 1. The van der Waals surface area contributed by atoms with Crippen LogP contribution < -0.4 is 9.64 Å². The Hall–Kier alpha value is -4.20. The summed E-state index contributed by atoms with van der Waals surface area (Å²) in [6.07, 6.45) is 3.61. The van der Waals surface area contributed by atoms with Crippen LogP contribution in [0.3, 0.4) is 0 Å². The molecule has 38 heavy (non-hydrogen) atoms. The summed E-state index contributed by atoms with van der Waals surface area (Å²) in [5.41, 5.74) is 4.87. The van der Waals surface area contributed by atoms with Crippen LogP contribution in [-0.2, 0) is 11.2 Å². The zero-order valence-electron chi connectivity index (χ0n) is 21.8. The lowest BCUT2D eigenvalue weighted by molar-refractivity contribution is -0.131. The Bertz CT molecular complexity index is 1380. The van der Waals surface area contributed by atoms with Gasteiger partial charge in [0.25, 0.3) is 0 Å². The van der Waals surface area contributed by atoms with Gasteiger partial charge in [0.15, 0.2) is 0 Å². The van der Waals surface area contributed by atoms with E-state index in [1.54, 1.807) is 25.4 Å². The number of anilines is 1. The van der Waals surface area contributed by atoms with Crippen LogP contribution in [-0.4, -0.2) is 59.0 Å². The summed E-state index contributed by atoms with van der Waals surface area (Å²) in [6.45, 7) is 4.88. The van der Waals surface area contributed by atoms with Crippen LogP contribution in [0, 0.1) is 12.7 Å². The highest BCUT2D eigenvalue weighted by molar-refractivity contribution is 5.76. The Balaban J connectivity index is 1.22. The number of imidazole rings is 1. The van der Waals surface area contributed by atoms with Crippen LogP contribution in [0.4, 0.5) is 10.2 Å². The zero-order valence-corrected chi connectivity index (χ0v) is 21.8. The van der Waals surface area contributed by atoms with Crippen LogP contribution in [0.15, 0.2) is 66.9 Å². The second-order valence-electron chi connectivity index (χ2n) is 9.56. The molecule has 0 atom stereocenters. The van der Waals surface area contributed by atoms with Gasteiger partial charge in [-0.25, -0.2) is 14.4 Å². The summed E-state index contributed by atoms with van der Waals surface area (Å²) in [6, 6.07) is 18.3. The number of piperazine rings is 1. The molecule has 0 radical (unpaired) electrons. The highest BCUT2D eigenvalue weighted by atomic mass is 19.1. The minimum Gasteiger partial charge on any atom is -0.497 e. The molecular formula is C30H32FN5O2. The number of aryl methyl sites for hydroxylation is 2. The van der Waals surface area contributed by atoms with E-state index in [-0.39, 0.29) is 11.7 Å². The number of hydrogen-bond acceptors (Lipinski definition) is 5. The van der Waals surface area contributed by atoms with E-state index in [1.807, 2.05) is 17.0 Å². The Morgan fingerprint density at radius 2 is 1.71 bits per heavy atom. The number of ether oxygens (including phenoxy) is 1. The molecular weight excluding hydrogens is 481 g/mol. The third-order valence-electron chi connectivity index (χ3n) is 6.95. The van der Waals surface area contributed by atoms with Crippen molar-refractivity contribution in [2.45, 2.75) is 26.2 Å². The first kappa shape index (κ1) is 25.4. The molecule has 0 bridgehead atoms. The van der Waals surface area contributed by atoms with Crippen molar-refractivity contribution in [2.24, 2.45) is 0 Å². The van der Waals surface area contributed by atoms with E-state index in [0.29, 0.717) is 38.2 Å². The summed E-state index contributed by atoms with van der Waals surface area (Å²) in [4.78, 5) is 29.8. The van der Waals surface area contributed by atoms with Crippen molar-refractivity contribution < 1.29 is 13.9 Å². The van der Waals surface area contributed by atoms with Gasteiger partial charge in [-0.1, -0.05) is 29.8 Å². The molecule has 8 heteroatoms. The molecule has 0 saturated carbocycles. The van der Waals surface area contributed by atoms with Crippen molar-refractivity contribution in [3.63, 3.8) is 0 Å². The number of aromatic nitrogens is 3. The second kappa shape index (κ2) is 11.5. The van der Waals surface area contributed by atoms with Gasteiger partial charge in [0.05, 0.1) is 12.8 Å². The lowest BCUT2D eigenvalue weighted by atomic mass is 10.1. The Kier molecular flexibility index (Phi) is 7.67. The molecule has 5 rings (SSSR count). The minimum absolute atomic E-state index is 0.165. The fourth-order valence-corrected chi connectivity index (χ4v) is 4.74. The van der Waals surface area contributed by atoms with Crippen molar-refractivity contribution in [1.29, 1.82) is 0 Å². The van der Waals surface area contributed by atoms with Crippen LogP contribution in [0.2, 0.25) is 0 Å². The molecule has 1 amide bonds. The van der Waals surface area contributed by atoms with Crippen molar-refractivity contribution >= 4 is 11.7 Å². The maximum absolute atomic E-state index is 13.4. The lowest BCUT2D eigenvalue weighted by Crippen LogP contribution is -2.49. The summed E-state index contributed by atoms with van der Waals surface area (Å²) in [5, 5.41) is 0. The number of aromatic amines is 1. The number of methoxy groups -OCH3 is 1. The Labute approximate surface area is 222 Å². The topological polar surface area (TPSA) is 74.3 Å². The number of H-pyrrole nitrogens is 1. The van der Waals surface area contributed by atoms with Crippen molar-refractivity contribution in [3.8, 4) is 28.4 Å². The van der Waals surface area contributed by atoms with Crippen LogP contribution in [0.1, 0.15) is 24.1 Å². The van der Waals surface area contributed by atoms with Gasteiger partial charge in [-0.3, -0.25) is 4.79 Å². The first-order valence-electron chi connectivity index (χ1n) is 12.9. The van der Waals surface area contributed by atoms with E-state index in [2.05, 4.69) is 46.1 Å². The molecule has 196 valence electrons. The van der Waals surface area contributed by atoms with Gasteiger partial charge < -0.3 is 19.5 Å². The van der Waals surface area contributed by atoms with Crippen LogP contribution in [0.25, 0.3) is 22.6 Å². The molecule has 1 saturated heterocycles. The largest absolute Gasteiger partial charge is 0.497 e. The number of nitrogens with zero attached hydrogens (tertiary/aromatic N) is 4. The maximum atomic E-state index is 13.4. The zero-order chi connectivity index (χ0) is 26.5. The van der Waals surface area contributed by atoms with Gasteiger partial charge in [0, 0.05) is 61.7 Å². The smallest absolute Gasteiger partial charge is 0.222 e. The number of nitrogens with one attached hydrogen (secondary N) is 1. The van der Waals surface area contributed by atoms with Gasteiger partial charge in [0.2, 0.25) is 5.91 Å². The molecule has 1 fully saturated rings. The number of benzene rings is 2. The monoisotopic (exact) mass is 513 g/mol. The molecule has 1 aliphatic rings. The number of hydrogen-bond donors (Lipinski definition) is 1. The Morgan fingerprint density at radius 3 is 2.42 bits per heavy atom. The molecule has 0 spiro atoms. The third kappa shape index (κ3) is 5.85. The first-order chi connectivity index (χ1) is 18.5. The summed E-state index contributed by atoms with van der Waals surface area (Å²) in [7, 11) is 1.65. The third-order valence-corrected chi connectivity index (χ3v) is 6.95. The molecule has 4 aromatic rings. The number of halogens is 1. The number of carbonyl (C=O) groups excluding carboxylic acids is 1. The van der Waals surface area contributed by atoms with E-state index in [1.165, 1.54) is 17.7 Å². The summed E-state index contributed by atoms with van der Waals surface area (Å²) < 4.78 is 18.8. The van der Waals surface area contributed by atoms with E-state index in [9.17, 15) is 9.18 Å². The molecule has 0 aliphatic carbocycles. The lowest BCUT2D eigenvalue weighted by Gasteiger charge is -2.35. The molecule has 2 aromatic carbocycles. The maximum Gasteiger partial charge on any atom is 0.222 e.